The fourth-order valence-corrected chi connectivity index (χ4v) is 2.87. The Morgan fingerprint density at radius 1 is 1.03 bits per heavy atom. The molecule has 0 aliphatic carbocycles. The van der Waals surface area contributed by atoms with Crippen LogP contribution < -0.4 is 5.32 Å². The lowest BCUT2D eigenvalue weighted by Gasteiger charge is -2.11. The number of anilines is 1. The molecule has 0 bridgehead atoms. The highest BCUT2D eigenvalue weighted by atomic mass is 16.5. The van der Waals surface area contributed by atoms with Crippen molar-refractivity contribution in [1.29, 1.82) is 0 Å². The van der Waals surface area contributed by atoms with Crippen LogP contribution in [0.5, 0.6) is 0 Å². The molecule has 0 atom stereocenters. The molecule has 0 radical (unpaired) electrons. The van der Waals surface area contributed by atoms with Gasteiger partial charge in [0.05, 0.1) is 17.9 Å². The number of amides is 1. The molecule has 1 amide bonds. The van der Waals surface area contributed by atoms with Crippen LogP contribution in [0.4, 0.5) is 5.69 Å². The predicted octanol–water partition coefficient (Wildman–Crippen LogP) is 2.67. The second kappa shape index (κ2) is 9.68. The third-order valence-electron chi connectivity index (χ3n) is 4.30. The number of carbonyl (C=O) groups is 4. The zero-order chi connectivity index (χ0) is 21.6. The summed E-state index contributed by atoms with van der Waals surface area (Å²) in [5, 5.41) is 2.56. The van der Waals surface area contributed by atoms with E-state index in [4.69, 9.17) is 9.47 Å². The molecule has 0 saturated heterocycles. The van der Waals surface area contributed by atoms with Gasteiger partial charge in [0.1, 0.15) is 6.54 Å². The number of Topliss-reactive ketones (excluding diaryl/α,β-unsaturated/α-hetero) is 1. The zero-order valence-corrected chi connectivity index (χ0v) is 16.9. The second-order valence-electron chi connectivity index (χ2n) is 6.40. The minimum Gasteiger partial charge on any atom is -0.462 e. The maximum atomic E-state index is 12.2. The van der Waals surface area contributed by atoms with Gasteiger partial charge >= 0.3 is 11.9 Å². The number of nitrogens with zero attached hydrogens (tertiary/aromatic N) is 1. The number of esters is 2. The average molecular weight is 400 g/mol. The van der Waals surface area contributed by atoms with E-state index in [0.29, 0.717) is 28.2 Å². The topological polar surface area (TPSA) is 104 Å². The van der Waals surface area contributed by atoms with E-state index in [-0.39, 0.29) is 18.9 Å². The summed E-state index contributed by atoms with van der Waals surface area (Å²) in [6.07, 6.45) is 0. The van der Waals surface area contributed by atoms with E-state index in [1.165, 1.54) is 6.92 Å². The van der Waals surface area contributed by atoms with Crippen LogP contribution in [0.2, 0.25) is 0 Å². The van der Waals surface area contributed by atoms with E-state index in [2.05, 4.69) is 5.32 Å². The second-order valence-corrected chi connectivity index (χ2v) is 6.40. The van der Waals surface area contributed by atoms with E-state index in [0.717, 1.165) is 0 Å². The quantitative estimate of drug-likeness (QED) is 0.540. The van der Waals surface area contributed by atoms with Gasteiger partial charge in [0.15, 0.2) is 12.4 Å². The number of hydrogen-bond acceptors (Lipinski definition) is 6. The number of aryl methyl sites for hydroxylation is 1. The maximum absolute atomic E-state index is 12.2. The van der Waals surface area contributed by atoms with Crippen LogP contribution in [0, 0.1) is 13.8 Å². The van der Waals surface area contributed by atoms with Crippen molar-refractivity contribution in [3.63, 3.8) is 0 Å². The van der Waals surface area contributed by atoms with Crippen LogP contribution in [-0.2, 0) is 25.6 Å². The molecule has 2 rings (SSSR count). The van der Waals surface area contributed by atoms with Crippen LogP contribution >= 0.6 is 0 Å². The summed E-state index contributed by atoms with van der Waals surface area (Å²) in [4.78, 5) is 47.8. The monoisotopic (exact) mass is 400 g/mol. The van der Waals surface area contributed by atoms with Crippen LogP contribution in [-0.4, -0.2) is 41.4 Å². The summed E-state index contributed by atoms with van der Waals surface area (Å²) >= 11 is 0. The number of aromatic nitrogens is 1. The lowest BCUT2D eigenvalue weighted by atomic mass is 10.1. The molecule has 0 aliphatic rings. The summed E-state index contributed by atoms with van der Waals surface area (Å²) < 4.78 is 11.7. The number of ketones is 1. The summed E-state index contributed by atoms with van der Waals surface area (Å²) in [5.74, 6) is -1.82. The van der Waals surface area contributed by atoms with Crippen molar-refractivity contribution in [2.24, 2.45) is 0 Å². The minimum atomic E-state index is -0.628. The van der Waals surface area contributed by atoms with E-state index in [9.17, 15) is 19.2 Å². The number of benzene rings is 1. The van der Waals surface area contributed by atoms with Gasteiger partial charge < -0.3 is 19.4 Å². The zero-order valence-electron chi connectivity index (χ0n) is 16.9. The van der Waals surface area contributed by atoms with E-state index in [1.54, 1.807) is 55.7 Å². The van der Waals surface area contributed by atoms with Gasteiger partial charge in [-0.05, 0) is 45.9 Å². The van der Waals surface area contributed by atoms with Gasteiger partial charge in [-0.25, -0.2) is 4.79 Å². The van der Waals surface area contributed by atoms with Crippen molar-refractivity contribution in [2.75, 3.05) is 18.5 Å². The van der Waals surface area contributed by atoms with Gasteiger partial charge in [0.25, 0.3) is 5.91 Å². The van der Waals surface area contributed by atoms with E-state index >= 15 is 0 Å². The Kier molecular flexibility index (Phi) is 7.30. The number of nitrogens with one attached hydrogen (secondary N) is 1. The Balaban J connectivity index is 1.96. The third-order valence-corrected chi connectivity index (χ3v) is 4.30. The summed E-state index contributed by atoms with van der Waals surface area (Å²) in [7, 11) is 0. The molecule has 0 fully saturated rings. The lowest BCUT2D eigenvalue weighted by Crippen LogP contribution is -2.24. The van der Waals surface area contributed by atoms with Crippen molar-refractivity contribution >= 4 is 29.3 Å². The largest absolute Gasteiger partial charge is 0.462 e. The first-order chi connectivity index (χ1) is 13.7. The van der Waals surface area contributed by atoms with Crippen LogP contribution in [0.3, 0.4) is 0 Å². The van der Waals surface area contributed by atoms with Gasteiger partial charge in [-0.1, -0.05) is 12.1 Å². The van der Waals surface area contributed by atoms with Gasteiger partial charge in [-0.2, -0.15) is 0 Å². The molecule has 0 unspecified atom stereocenters. The molecule has 1 aromatic heterocycles. The van der Waals surface area contributed by atoms with Crippen molar-refractivity contribution < 1.29 is 28.7 Å². The van der Waals surface area contributed by atoms with Crippen LogP contribution in [0.15, 0.2) is 30.3 Å². The Hall–Kier alpha value is -3.42. The van der Waals surface area contributed by atoms with E-state index < -0.39 is 24.5 Å². The highest BCUT2D eigenvalue weighted by molar-refractivity contribution is 6.04. The molecule has 1 aromatic carbocycles. The van der Waals surface area contributed by atoms with Gasteiger partial charge in [-0.15, -0.1) is 0 Å². The molecule has 0 spiro atoms. The van der Waals surface area contributed by atoms with Crippen molar-refractivity contribution in [1.82, 2.24) is 4.57 Å². The highest BCUT2D eigenvalue weighted by Crippen LogP contribution is 2.17. The van der Waals surface area contributed by atoms with Crippen molar-refractivity contribution in [2.45, 2.75) is 34.2 Å². The van der Waals surface area contributed by atoms with E-state index in [1.807, 2.05) is 0 Å². The molecule has 8 nitrogen and oxygen atoms in total. The Bertz CT molecular complexity index is 945. The summed E-state index contributed by atoms with van der Waals surface area (Å²) in [6.45, 7) is 6.20. The lowest BCUT2D eigenvalue weighted by molar-refractivity contribution is -0.147. The Morgan fingerprint density at radius 3 is 2.38 bits per heavy atom. The molecule has 1 N–H and O–H groups in total. The number of carbonyl (C=O) groups excluding carboxylic acids is 4. The Morgan fingerprint density at radius 2 is 1.72 bits per heavy atom. The molecule has 154 valence electrons. The van der Waals surface area contributed by atoms with Crippen LogP contribution in [0.25, 0.3) is 0 Å². The normalized spacial score (nSPS) is 10.3. The molecule has 0 saturated carbocycles. The SMILES string of the molecule is CCOC(=O)c1cc(C)n(CC(=O)OCC(=O)Nc2ccccc2C(C)=O)c1C. The number of para-hydroxylation sites is 1. The summed E-state index contributed by atoms with van der Waals surface area (Å²) in [5.41, 5.74) is 2.39. The number of hydrogen-bond donors (Lipinski definition) is 1. The first-order valence-corrected chi connectivity index (χ1v) is 9.13. The minimum absolute atomic E-state index is 0.144. The van der Waals surface area contributed by atoms with Gasteiger partial charge in [0, 0.05) is 17.0 Å². The smallest absolute Gasteiger partial charge is 0.339 e. The van der Waals surface area contributed by atoms with Crippen LogP contribution in [0.1, 0.15) is 46.0 Å². The first kappa shape index (κ1) is 21.9. The third kappa shape index (κ3) is 5.54. The predicted molar refractivity (Wildman–Crippen MR) is 106 cm³/mol. The van der Waals surface area contributed by atoms with Gasteiger partial charge in [-0.3, -0.25) is 14.4 Å². The number of rotatable bonds is 8. The Labute approximate surface area is 168 Å². The fraction of sp³-hybridized carbons (Fsp3) is 0.333. The first-order valence-electron chi connectivity index (χ1n) is 9.13. The molecular weight excluding hydrogens is 376 g/mol. The molecule has 1 heterocycles. The molecule has 29 heavy (non-hydrogen) atoms. The fourth-order valence-electron chi connectivity index (χ4n) is 2.87. The average Bonchev–Trinajstić information content (AvgIpc) is 2.95. The molecule has 0 aliphatic heterocycles. The molecule has 2 aromatic rings. The molecular formula is C21H24N2O6. The molecule has 8 heteroatoms. The number of ether oxygens (including phenoxy) is 2. The standard InChI is InChI=1S/C21H24N2O6/c1-5-28-21(27)17-10-13(2)23(14(17)3)11-20(26)29-12-19(25)22-18-9-7-6-8-16(18)15(4)24/h6-10H,5,11-12H2,1-4H3,(H,22,25). The maximum Gasteiger partial charge on any atom is 0.339 e. The van der Waals surface area contributed by atoms with Gasteiger partial charge in [0.2, 0.25) is 0 Å². The summed E-state index contributed by atoms with van der Waals surface area (Å²) in [6, 6.07) is 8.22. The highest BCUT2D eigenvalue weighted by Gasteiger charge is 2.19. The van der Waals surface area contributed by atoms with Crippen molar-refractivity contribution in [3.8, 4) is 0 Å². The van der Waals surface area contributed by atoms with Crippen molar-refractivity contribution in [3.05, 3.63) is 52.8 Å².